The maximum atomic E-state index is 12.1. The Hall–Kier alpha value is -1.72. The molecule has 0 bridgehead atoms. The number of thiazole rings is 1. The Kier molecular flexibility index (Phi) is 5.08. The third kappa shape index (κ3) is 4.39. The van der Waals surface area contributed by atoms with Gasteiger partial charge >= 0.3 is 0 Å². The summed E-state index contributed by atoms with van der Waals surface area (Å²) in [5.41, 5.74) is 1.13. The van der Waals surface area contributed by atoms with E-state index in [9.17, 15) is 9.90 Å². The second-order valence-corrected chi connectivity index (χ2v) is 7.11. The molecule has 1 aromatic carbocycles. The Balaban J connectivity index is 1.53. The molecule has 0 saturated heterocycles. The van der Waals surface area contributed by atoms with Crippen LogP contribution in [0.3, 0.4) is 0 Å². The van der Waals surface area contributed by atoms with Gasteiger partial charge < -0.3 is 10.4 Å². The molecule has 2 N–H and O–H groups in total. The molecule has 0 unspecified atom stereocenters. The Morgan fingerprint density at radius 2 is 1.96 bits per heavy atom. The Bertz CT molecular complexity index is 648. The zero-order chi connectivity index (χ0) is 16.1. The zero-order valence-corrected chi connectivity index (χ0v) is 13.9. The molecule has 23 heavy (non-hydrogen) atoms. The average molecular weight is 330 g/mol. The number of nitrogens with zero attached hydrogens (tertiary/aromatic N) is 1. The van der Waals surface area contributed by atoms with E-state index in [4.69, 9.17) is 0 Å². The molecule has 1 aliphatic carbocycles. The van der Waals surface area contributed by atoms with Crippen molar-refractivity contribution in [2.24, 2.45) is 0 Å². The number of nitrogens with one attached hydrogen (secondary N) is 1. The first-order chi connectivity index (χ1) is 11.1. The molecule has 5 heteroatoms. The lowest BCUT2D eigenvalue weighted by atomic mass is 9.85. The fourth-order valence-electron chi connectivity index (χ4n) is 2.98. The number of rotatable bonds is 5. The summed E-state index contributed by atoms with van der Waals surface area (Å²) in [6.07, 6.45) is 5.08. The van der Waals surface area contributed by atoms with E-state index in [1.54, 1.807) is 11.3 Å². The molecular formula is C18H22N2O2S. The molecule has 1 saturated carbocycles. The number of aliphatic hydroxyl groups is 1. The number of benzene rings is 1. The lowest BCUT2D eigenvalue weighted by Gasteiger charge is -2.32. The van der Waals surface area contributed by atoms with Crippen LogP contribution in [-0.4, -0.2) is 28.1 Å². The quantitative estimate of drug-likeness (QED) is 0.885. The van der Waals surface area contributed by atoms with Crippen molar-refractivity contribution in [1.82, 2.24) is 10.3 Å². The first kappa shape index (κ1) is 16.1. The van der Waals surface area contributed by atoms with Crippen LogP contribution >= 0.6 is 11.3 Å². The second-order valence-electron chi connectivity index (χ2n) is 6.25. The SMILES string of the molecule is O=C(Cc1csc(-c2ccccc2)n1)NCC1(O)CCCCC1. The van der Waals surface area contributed by atoms with Crippen molar-refractivity contribution < 1.29 is 9.90 Å². The fourth-order valence-corrected chi connectivity index (χ4v) is 3.80. The van der Waals surface area contributed by atoms with Gasteiger partial charge in [-0.25, -0.2) is 4.98 Å². The van der Waals surface area contributed by atoms with Crippen molar-refractivity contribution in [2.75, 3.05) is 6.54 Å². The monoisotopic (exact) mass is 330 g/mol. The van der Waals surface area contributed by atoms with E-state index in [1.807, 2.05) is 35.7 Å². The highest BCUT2D eigenvalue weighted by atomic mass is 32.1. The molecule has 1 heterocycles. The van der Waals surface area contributed by atoms with Crippen molar-refractivity contribution in [1.29, 1.82) is 0 Å². The van der Waals surface area contributed by atoms with Crippen LogP contribution in [-0.2, 0) is 11.2 Å². The van der Waals surface area contributed by atoms with Gasteiger partial charge in [0.25, 0.3) is 0 Å². The van der Waals surface area contributed by atoms with Crippen molar-refractivity contribution in [3.8, 4) is 10.6 Å². The fraction of sp³-hybridized carbons (Fsp3) is 0.444. The van der Waals surface area contributed by atoms with Crippen LogP contribution in [0.5, 0.6) is 0 Å². The maximum absolute atomic E-state index is 12.1. The molecule has 1 amide bonds. The molecule has 1 aromatic heterocycles. The largest absolute Gasteiger partial charge is 0.388 e. The molecular weight excluding hydrogens is 308 g/mol. The van der Waals surface area contributed by atoms with E-state index in [-0.39, 0.29) is 12.3 Å². The van der Waals surface area contributed by atoms with E-state index < -0.39 is 5.60 Å². The summed E-state index contributed by atoms with van der Waals surface area (Å²) in [6, 6.07) is 9.96. The molecule has 4 nitrogen and oxygen atoms in total. The summed E-state index contributed by atoms with van der Waals surface area (Å²) in [5, 5.41) is 16.1. The van der Waals surface area contributed by atoms with Gasteiger partial charge in [-0.1, -0.05) is 49.6 Å². The highest BCUT2D eigenvalue weighted by Crippen LogP contribution is 2.27. The van der Waals surface area contributed by atoms with Crippen LogP contribution < -0.4 is 5.32 Å². The summed E-state index contributed by atoms with van der Waals surface area (Å²) in [5.74, 6) is -0.0751. The molecule has 0 aliphatic heterocycles. The van der Waals surface area contributed by atoms with E-state index in [2.05, 4.69) is 10.3 Å². The molecule has 1 aliphatic rings. The minimum absolute atomic E-state index is 0.0751. The highest BCUT2D eigenvalue weighted by molar-refractivity contribution is 7.13. The standard InChI is InChI=1S/C18H22N2O2S/c21-16(19-13-18(22)9-5-2-6-10-18)11-15-12-23-17(20-15)14-7-3-1-4-8-14/h1,3-4,7-8,12,22H,2,5-6,9-11,13H2,(H,19,21). The van der Waals surface area contributed by atoms with Crippen LogP contribution in [0, 0.1) is 0 Å². The summed E-state index contributed by atoms with van der Waals surface area (Å²) in [4.78, 5) is 16.6. The smallest absolute Gasteiger partial charge is 0.226 e. The molecule has 2 aromatic rings. The van der Waals surface area contributed by atoms with Gasteiger partial charge in [0, 0.05) is 17.5 Å². The van der Waals surface area contributed by atoms with Crippen LogP contribution in [0.1, 0.15) is 37.8 Å². The van der Waals surface area contributed by atoms with Crippen LogP contribution in [0.25, 0.3) is 10.6 Å². The van der Waals surface area contributed by atoms with Gasteiger partial charge in [-0.2, -0.15) is 0 Å². The number of aromatic nitrogens is 1. The molecule has 122 valence electrons. The average Bonchev–Trinajstić information content (AvgIpc) is 3.03. The number of carbonyl (C=O) groups excluding carboxylic acids is 1. The third-order valence-electron chi connectivity index (χ3n) is 4.31. The summed E-state index contributed by atoms with van der Waals surface area (Å²) < 4.78 is 0. The highest BCUT2D eigenvalue weighted by Gasteiger charge is 2.29. The Morgan fingerprint density at radius 1 is 1.22 bits per heavy atom. The van der Waals surface area contributed by atoms with Crippen molar-refractivity contribution in [2.45, 2.75) is 44.1 Å². The van der Waals surface area contributed by atoms with E-state index in [0.29, 0.717) is 6.54 Å². The van der Waals surface area contributed by atoms with Crippen molar-refractivity contribution in [3.63, 3.8) is 0 Å². The van der Waals surface area contributed by atoms with Gasteiger partial charge in [0.05, 0.1) is 17.7 Å². The van der Waals surface area contributed by atoms with Crippen LogP contribution in [0.15, 0.2) is 35.7 Å². The van der Waals surface area contributed by atoms with Gasteiger partial charge in [0.1, 0.15) is 5.01 Å². The van der Waals surface area contributed by atoms with Gasteiger partial charge in [-0.3, -0.25) is 4.79 Å². The van der Waals surface area contributed by atoms with Gasteiger partial charge in [-0.05, 0) is 12.8 Å². The number of hydrogen-bond acceptors (Lipinski definition) is 4. The first-order valence-corrected chi connectivity index (χ1v) is 9.02. The minimum atomic E-state index is -0.717. The summed E-state index contributed by atoms with van der Waals surface area (Å²) >= 11 is 1.55. The van der Waals surface area contributed by atoms with Crippen LogP contribution in [0.4, 0.5) is 0 Å². The van der Waals surface area contributed by atoms with Gasteiger partial charge in [-0.15, -0.1) is 11.3 Å². The van der Waals surface area contributed by atoms with Gasteiger partial charge in [0.2, 0.25) is 5.91 Å². The zero-order valence-electron chi connectivity index (χ0n) is 13.1. The molecule has 3 rings (SSSR count). The molecule has 0 radical (unpaired) electrons. The number of carbonyl (C=O) groups is 1. The molecule has 1 fully saturated rings. The lowest BCUT2D eigenvalue weighted by molar-refractivity contribution is -0.122. The van der Waals surface area contributed by atoms with Crippen LogP contribution in [0.2, 0.25) is 0 Å². The third-order valence-corrected chi connectivity index (χ3v) is 5.25. The summed E-state index contributed by atoms with van der Waals surface area (Å²) in [6.45, 7) is 0.349. The minimum Gasteiger partial charge on any atom is -0.388 e. The van der Waals surface area contributed by atoms with Crippen molar-refractivity contribution >= 4 is 17.2 Å². The Labute approximate surface area is 140 Å². The first-order valence-electron chi connectivity index (χ1n) is 8.14. The topological polar surface area (TPSA) is 62.2 Å². The maximum Gasteiger partial charge on any atom is 0.226 e. The number of hydrogen-bond donors (Lipinski definition) is 2. The predicted molar refractivity (Wildman–Crippen MR) is 92.3 cm³/mol. The van der Waals surface area contributed by atoms with Gasteiger partial charge in [0.15, 0.2) is 0 Å². The van der Waals surface area contributed by atoms with E-state index in [1.165, 1.54) is 6.42 Å². The Morgan fingerprint density at radius 3 is 2.70 bits per heavy atom. The number of amides is 1. The normalized spacial score (nSPS) is 16.9. The lowest BCUT2D eigenvalue weighted by Crippen LogP contribution is -2.44. The molecule has 0 atom stereocenters. The summed E-state index contributed by atoms with van der Waals surface area (Å²) in [7, 11) is 0. The molecule has 0 spiro atoms. The predicted octanol–water partition coefficient (Wildman–Crippen LogP) is 3.16. The van der Waals surface area contributed by atoms with E-state index >= 15 is 0 Å². The van der Waals surface area contributed by atoms with Crippen molar-refractivity contribution in [3.05, 3.63) is 41.4 Å². The second kappa shape index (κ2) is 7.23. The van der Waals surface area contributed by atoms with E-state index in [0.717, 1.165) is 41.9 Å².